The molecule has 1 heterocycles. The largest absolute Gasteiger partial charge is 0.460 e. The molecule has 3 aromatic rings. The second-order valence-corrected chi connectivity index (χ2v) is 6.34. The monoisotopic (exact) mass is 344 g/mol. The van der Waals surface area contributed by atoms with E-state index in [1.54, 1.807) is 30.3 Å². The number of benzene rings is 2. The maximum atomic E-state index is 12.6. The highest BCUT2D eigenvalue weighted by atomic mass is 32.1. The number of hydrogen-bond donors (Lipinski definition) is 1. The van der Waals surface area contributed by atoms with Gasteiger partial charge < -0.3 is 14.6 Å². The van der Waals surface area contributed by atoms with E-state index in [1.165, 1.54) is 18.4 Å². The highest BCUT2D eigenvalue weighted by molar-refractivity contribution is 7.24. The molecule has 0 amide bonds. The van der Waals surface area contributed by atoms with Crippen molar-refractivity contribution < 1.29 is 19.4 Å². The van der Waals surface area contributed by atoms with Gasteiger partial charge in [-0.1, -0.05) is 6.07 Å². The van der Waals surface area contributed by atoms with Crippen LogP contribution in [-0.2, 0) is 16.1 Å². The molecule has 0 atom stereocenters. The number of rotatable bonds is 5. The van der Waals surface area contributed by atoms with Gasteiger partial charge in [0.05, 0.1) is 18.8 Å². The average molecular weight is 344 g/mol. The number of hydrogen-bond acceptors (Lipinski definition) is 6. The van der Waals surface area contributed by atoms with E-state index in [0.29, 0.717) is 28.5 Å². The molecule has 0 radical (unpaired) electrons. The maximum Gasteiger partial charge on any atom is 0.338 e. The van der Waals surface area contributed by atoms with Crippen LogP contribution >= 0.6 is 11.3 Å². The standard InChI is InChI=1S/C18H16O5S/c1-22-6-7-23-18(21)12-3-4-13-16(9-12)24-15-5-2-11(10-19)8-14(15)17(13)20/h2-5,8-9,19H,6-7,10H2,1H3. The first-order valence-electron chi connectivity index (χ1n) is 7.40. The first-order valence-corrected chi connectivity index (χ1v) is 8.22. The van der Waals surface area contributed by atoms with Crippen molar-refractivity contribution in [1.29, 1.82) is 0 Å². The van der Waals surface area contributed by atoms with E-state index in [4.69, 9.17) is 9.47 Å². The van der Waals surface area contributed by atoms with E-state index in [1.807, 2.05) is 6.07 Å². The lowest BCUT2D eigenvalue weighted by Gasteiger charge is -2.06. The Bertz CT molecular complexity index is 961. The molecular weight excluding hydrogens is 328 g/mol. The molecule has 2 aromatic carbocycles. The molecule has 0 aliphatic carbocycles. The highest BCUT2D eigenvalue weighted by Gasteiger charge is 2.12. The Morgan fingerprint density at radius 2 is 1.92 bits per heavy atom. The van der Waals surface area contributed by atoms with Crippen LogP contribution in [0.1, 0.15) is 15.9 Å². The van der Waals surface area contributed by atoms with Crippen LogP contribution in [0.3, 0.4) is 0 Å². The summed E-state index contributed by atoms with van der Waals surface area (Å²) in [4.78, 5) is 24.7. The van der Waals surface area contributed by atoms with Gasteiger partial charge in [-0.25, -0.2) is 4.79 Å². The van der Waals surface area contributed by atoms with Crippen molar-refractivity contribution in [2.45, 2.75) is 6.61 Å². The topological polar surface area (TPSA) is 72.8 Å². The number of aliphatic hydroxyl groups is 1. The van der Waals surface area contributed by atoms with Crippen molar-refractivity contribution in [1.82, 2.24) is 0 Å². The average Bonchev–Trinajstić information content (AvgIpc) is 2.61. The van der Waals surface area contributed by atoms with E-state index < -0.39 is 5.97 Å². The molecule has 0 aliphatic heterocycles. The molecule has 0 unspecified atom stereocenters. The van der Waals surface area contributed by atoms with Gasteiger partial charge in [0.15, 0.2) is 5.43 Å². The van der Waals surface area contributed by atoms with E-state index in [9.17, 15) is 14.7 Å². The number of aliphatic hydroxyl groups excluding tert-OH is 1. The van der Waals surface area contributed by atoms with Crippen molar-refractivity contribution in [2.75, 3.05) is 20.3 Å². The molecule has 24 heavy (non-hydrogen) atoms. The van der Waals surface area contributed by atoms with Crippen LogP contribution < -0.4 is 5.43 Å². The summed E-state index contributed by atoms with van der Waals surface area (Å²) in [7, 11) is 1.54. The molecule has 0 fully saturated rings. The van der Waals surface area contributed by atoms with E-state index in [0.717, 1.165) is 9.40 Å². The number of carbonyl (C=O) groups is 1. The summed E-state index contributed by atoms with van der Waals surface area (Å²) in [6.45, 7) is 0.417. The summed E-state index contributed by atoms with van der Waals surface area (Å²) in [5.41, 5.74) is 0.999. The zero-order valence-electron chi connectivity index (χ0n) is 13.1. The van der Waals surface area contributed by atoms with Gasteiger partial charge in [-0.05, 0) is 35.9 Å². The molecule has 0 spiro atoms. The fourth-order valence-corrected chi connectivity index (χ4v) is 3.52. The number of carbonyl (C=O) groups excluding carboxylic acids is 1. The lowest BCUT2D eigenvalue weighted by atomic mass is 10.1. The van der Waals surface area contributed by atoms with Crippen LogP contribution in [0, 0.1) is 0 Å². The first-order chi connectivity index (χ1) is 11.6. The van der Waals surface area contributed by atoms with Gasteiger partial charge in [0.1, 0.15) is 6.61 Å². The lowest BCUT2D eigenvalue weighted by Crippen LogP contribution is -2.10. The summed E-state index contributed by atoms with van der Waals surface area (Å²) in [5, 5.41) is 10.4. The number of ether oxygens (including phenoxy) is 2. The SMILES string of the molecule is COCCOC(=O)c1ccc2c(=O)c3cc(CO)ccc3sc2c1. The third-order valence-electron chi connectivity index (χ3n) is 3.67. The van der Waals surface area contributed by atoms with Gasteiger partial charge in [-0.15, -0.1) is 11.3 Å². The molecule has 3 rings (SSSR count). The Morgan fingerprint density at radius 3 is 2.67 bits per heavy atom. The lowest BCUT2D eigenvalue weighted by molar-refractivity contribution is 0.0388. The Kier molecular flexibility index (Phi) is 4.89. The maximum absolute atomic E-state index is 12.6. The van der Waals surface area contributed by atoms with Crippen LogP contribution in [0.5, 0.6) is 0 Å². The van der Waals surface area contributed by atoms with Crippen LogP contribution in [0.2, 0.25) is 0 Å². The minimum Gasteiger partial charge on any atom is -0.460 e. The van der Waals surface area contributed by atoms with Crippen LogP contribution in [0.4, 0.5) is 0 Å². The van der Waals surface area contributed by atoms with Gasteiger partial charge >= 0.3 is 5.97 Å². The minimum atomic E-state index is -0.440. The number of esters is 1. The van der Waals surface area contributed by atoms with Crippen LogP contribution in [0.15, 0.2) is 41.2 Å². The summed E-state index contributed by atoms with van der Waals surface area (Å²) < 4.78 is 11.5. The molecule has 5 nitrogen and oxygen atoms in total. The van der Waals surface area contributed by atoms with E-state index in [-0.39, 0.29) is 18.6 Å². The second-order valence-electron chi connectivity index (χ2n) is 5.26. The van der Waals surface area contributed by atoms with Gasteiger partial charge in [0, 0.05) is 27.3 Å². The molecule has 0 bridgehead atoms. The molecule has 124 valence electrons. The predicted molar refractivity (Wildman–Crippen MR) is 93.7 cm³/mol. The summed E-state index contributed by atoms with van der Waals surface area (Å²) in [5.74, 6) is -0.440. The Balaban J connectivity index is 2.05. The summed E-state index contributed by atoms with van der Waals surface area (Å²) >= 11 is 1.43. The van der Waals surface area contributed by atoms with Crippen molar-refractivity contribution in [3.05, 3.63) is 57.7 Å². The van der Waals surface area contributed by atoms with Gasteiger partial charge in [0.2, 0.25) is 0 Å². The van der Waals surface area contributed by atoms with E-state index >= 15 is 0 Å². The molecule has 0 saturated carbocycles. The highest BCUT2D eigenvalue weighted by Crippen LogP contribution is 2.26. The second kappa shape index (κ2) is 7.09. The summed E-state index contributed by atoms with van der Waals surface area (Å²) in [6, 6.07) is 10.2. The van der Waals surface area contributed by atoms with Gasteiger partial charge in [-0.2, -0.15) is 0 Å². The third-order valence-corrected chi connectivity index (χ3v) is 4.81. The first kappa shape index (κ1) is 16.6. The molecule has 6 heteroatoms. The predicted octanol–water partition coefficient (Wildman–Crippen LogP) is 2.71. The quantitative estimate of drug-likeness (QED) is 0.438. The van der Waals surface area contributed by atoms with Crippen LogP contribution in [0.25, 0.3) is 20.2 Å². The van der Waals surface area contributed by atoms with Gasteiger partial charge in [0.25, 0.3) is 0 Å². The number of fused-ring (bicyclic) bond motifs is 2. The molecule has 1 aromatic heterocycles. The van der Waals surface area contributed by atoms with Crippen molar-refractivity contribution in [3.63, 3.8) is 0 Å². The fraction of sp³-hybridized carbons (Fsp3) is 0.222. The molecular formula is C18H16O5S. The minimum absolute atomic E-state index is 0.103. The fourth-order valence-electron chi connectivity index (χ4n) is 2.43. The zero-order chi connectivity index (χ0) is 17.1. The molecule has 1 N–H and O–H groups in total. The van der Waals surface area contributed by atoms with Crippen molar-refractivity contribution in [2.24, 2.45) is 0 Å². The zero-order valence-corrected chi connectivity index (χ0v) is 13.9. The van der Waals surface area contributed by atoms with Crippen LogP contribution in [-0.4, -0.2) is 31.4 Å². The number of methoxy groups -OCH3 is 1. The third kappa shape index (κ3) is 3.17. The van der Waals surface area contributed by atoms with Crippen molar-refractivity contribution in [3.8, 4) is 0 Å². The Labute approximate surface area is 142 Å². The summed E-state index contributed by atoms with van der Waals surface area (Å²) in [6.07, 6.45) is 0. The Hall–Kier alpha value is -2.28. The van der Waals surface area contributed by atoms with E-state index in [2.05, 4.69) is 0 Å². The normalized spacial score (nSPS) is 11.1. The van der Waals surface area contributed by atoms with Gasteiger partial charge in [-0.3, -0.25) is 4.79 Å². The molecule has 0 aliphatic rings. The molecule has 0 saturated heterocycles. The Morgan fingerprint density at radius 1 is 1.08 bits per heavy atom. The smallest absolute Gasteiger partial charge is 0.338 e. The van der Waals surface area contributed by atoms with Crippen molar-refractivity contribution >= 4 is 37.5 Å².